The van der Waals surface area contributed by atoms with E-state index in [1.54, 1.807) is 0 Å². The Morgan fingerprint density at radius 2 is 1.90 bits per heavy atom. The van der Waals surface area contributed by atoms with Gasteiger partial charge in [0.2, 0.25) is 5.91 Å². The Balaban J connectivity index is 1.78. The molecule has 1 unspecified atom stereocenters. The van der Waals surface area contributed by atoms with Gasteiger partial charge < -0.3 is 9.64 Å². The zero-order valence-electron chi connectivity index (χ0n) is 11.4. The minimum atomic E-state index is -0.706. The van der Waals surface area contributed by atoms with E-state index >= 15 is 0 Å². The van der Waals surface area contributed by atoms with Crippen molar-refractivity contribution in [3.63, 3.8) is 0 Å². The average molecular weight is 281 g/mol. The highest BCUT2D eigenvalue weighted by molar-refractivity contribution is 5.97. The second-order valence-corrected chi connectivity index (χ2v) is 5.70. The summed E-state index contributed by atoms with van der Waals surface area (Å²) in [6.45, 7) is 1.34. The fourth-order valence-corrected chi connectivity index (χ4v) is 3.18. The maximum atomic E-state index is 13.7. The molecule has 0 bridgehead atoms. The third-order valence-electron chi connectivity index (χ3n) is 4.58. The average Bonchev–Trinajstić information content (AvgIpc) is 3.11. The second kappa shape index (κ2) is 4.81. The van der Waals surface area contributed by atoms with E-state index in [-0.39, 0.29) is 22.9 Å². The number of hydrogen-bond acceptors (Lipinski definition) is 2. The fourth-order valence-electron chi connectivity index (χ4n) is 3.18. The predicted octanol–water partition coefficient (Wildman–Crippen LogP) is 2.74. The highest BCUT2D eigenvalue weighted by Gasteiger charge is 2.58. The number of halogens is 2. The molecule has 3 nitrogen and oxygen atoms in total. The summed E-state index contributed by atoms with van der Waals surface area (Å²) in [6.07, 6.45) is 2.52. The summed E-state index contributed by atoms with van der Waals surface area (Å²) < 4.78 is 32.8. The number of para-hydroxylation sites is 1. The van der Waals surface area contributed by atoms with Crippen molar-refractivity contribution < 1.29 is 18.3 Å². The van der Waals surface area contributed by atoms with Crippen LogP contribution >= 0.6 is 0 Å². The van der Waals surface area contributed by atoms with Crippen LogP contribution in [0.4, 0.5) is 14.5 Å². The number of benzene rings is 1. The molecule has 1 aliphatic heterocycles. The van der Waals surface area contributed by atoms with Gasteiger partial charge in [0.1, 0.15) is 17.3 Å². The molecule has 1 aromatic rings. The van der Waals surface area contributed by atoms with E-state index in [0.717, 1.165) is 24.2 Å². The van der Waals surface area contributed by atoms with Crippen LogP contribution in [0.3, 0.4) is 0 Å². The molecule has 1 aliphatic carbocycles. The number of hydrogen-bond donors (Lipinski definition) is 0. The molecule has 3 rings (SSSR count). The van der Waals surface area contributed by atoms with Crippen LogP contribution < -0.4 is 4.90 Å². The Morgan fingerprint density at radius 3 is 2.50 bits per heavy atom. The number of nitrogens with zero attached hydrogens (tertiary/aromatic N) is 1. The Hall–Kier alpha value is -1.49. The lowest BCUT2D eigenvalue weighted by atomic mass is 9.93. The Kier molecular flexibility index (Phi) is 3.24. The number of ether oxygens (including phenoxy) is 1. The molecule has 1 amide bonds. The molecule has 2 aliphatic rings. The first-order valence-corrected chi connectivity index (χ1v) is 6.84. The van der Waals surface area contributed by atoms with Gasteiger partial charge in [-0.2, -0.15) is 0 Å². The lowest BCUT2D eigenvalue weighted by Gasteiger charge is -2.25. The Labute approximate surface area is 116 Å². The third kappa shape index (κ3) is 2.10. The molecule has 20 heavy (non-hydrogen) atoms. The van der Waals surface area contributed by atoms with Gasteiger partial charge in [-0.3, -0.25) is 4.79 Å². The normalized spacial score (nSPS) is 23.6. The molecule has 1 saturated carbocycles. The van der Waals surface area contributed by atoms with Crippen molar-refractivity contribution in [2.45, 2.75) is 19.3 Å². The number of amides is 1. The highest BCUT2D eigenvalue weighted by Crippen LogP contribution is 2.59. The van der Waals surface area contributed by atoms with Crippen molar-refractivity contribution in [1.29, 1.82) is 0 Å². The van der Waals surface area contributed by atoms with Gasteiger partial charge in [-0.05, 0) is 36.8 Å². The zero-order chi connectivity index (χ0) is 14.3. The fraction of sp³-hybridized carbons (Fsp3) is 0.533. The van der Waals surface area contributed by atoms with E-state index in [1.807, 2.05) is 0 Å². The number of carbonyl (C=O) groups is 1. The van der Waals surface area contributed by atoms with Crippen LogP contribution in [0.15, 0.2) is 18.2 Å². The monoisotopic (exact) mass is 281 g/mol. The van der Waals surface area contributed by atoms with Gasteiger partial charge in [0.25, 0.3) is 0 Å². The summed E-state index contributed by atoms with van der Waals surface area (Å²) in [5, 5.41) is 0. The summed E-state index contributed by atoms with van der Waals surface area (Å²) in [5.41, 5.74) is -0.252. The van der Waals surface area contributed by atoms with Crippen molar-refractivity contribution in [3.8, 4) is 0 Å². The molecule has 108 valence electrons. The van der Waals surface area contributed by atoms with E-state index in [2.05, 4.69) is 0 Å². The number of rotatable bonds is 2. The van der Waals surface area contributed by atoms with Crippen molar-refractivity contribution in [2.24, 2.45) is 11.3 Å². The van der Waals surface area contributed by atoms with Gasteiger partial charge in [0.15, 0.2) is 0 Å². The zero-order valence-corrected chi connectivity index (χ0v) is 11.4. The summed E-state index contributed by atoms with van der Waals surface area (Å²) in [7, 11) is 1.44. The van der Waals surface area contributed by atoms with Gasteiger partial charge in [-0.1, -0.05) is 6.07 Å². The van der Waals surface area contributed by atoms with E-state index in [0.29, 0.717) is 13.2 Å². The number of carbonyl (C=O) groups excluding carboxylic acids is 1. The van der Waals surface area contributed by atoms with Gasteiger partial charge in [0, 0.05) is 26.2 Å². The molecule has 0 radical (unpaired) electrons. The van der Waals surface area contributed by atoms with Gasteiger partial charge in [-0.15, -0.1) is 0 Å². The van der Waals surface area contributed by atoms with Crippen molar-refractivity contribution in [2.75, 3.05) is 25.2 Å². The first-order valence-electron chi connectivity index (χ1n) is 6.84. The Bertz CT molecular complexity index is 520. The molecule has 1 saturated heterocycles. The van der Waals surface area contributed by atoms with Crippen LogP contribution in [0.5, 0.6) is 0 Å². The molecule has 5 heteroatoms. The largest absolute Gasteiger partial charge is 0.381 e. The quantitative estimate of drug-likeness (QED) is 0.834. The predicted molar refractivity (Wildman–Crippen MR) is 70.4 cm³/mol. The van der Waals surface area contributed by atoms with E-state index in [1.165, 1.54) is 25.2 Å². The number of anilines is 1. The van der Waals surface area contributed by atoms with Crippen molar-refractivity contribution in [1.82, 2.24) is 0 Å². The second-order valence-electron chi connectivity index (χ2n) is 5.70. The summed E-state index contributed by atoms with van der Waals surface area (Å²) in [6, 6.07) is 3.63. The van der Waals surface area contributed by atoms with E-state index in [9.17, 15) is 13.6 Å². The van der Waals surface area contributed by atoms with E-state index < -0.39 is 11.6 Å². The summed E-state index contributed by atoms with van der Waals surface area (Å²) in [5.74, 6) is -1.74. The molecule has 1 spiro atoms. The molecule has 1 aromatic carbocycles. The smallest absolute Gasteiger partial charge is 0.230 e. The van der Waals surface area contributed by atoms with Crippen LogP contribution in [-0.4, -0.2) is 26.2 Å². The SMILES string of the molecule is CN(C(=O)C1CC12CCOCC2)c1c(F)cccc1F. The molecule has 0 aromatic heterocycles. The van der Waals surface area contributed by atoms with Crippen LogP contribution in [0.25, 0.3) is 0 Å². The Morgan fingerprint density at radius 1 is 1.30 bits per heavy atom. The molecular weight excluding hydrogens is 264 g/mol. The summed E-state index contributed by atoms with van der Waals surface area (Å²) in [4.78, 5) is 13.6. The minimum Gasteiger partial charge on any atom is -0.381 e. The standard InChI is InChI=1S/C15H17F2NO2/c1-18(13-11(16)3-2-4-12(13)17)14(19)10-9-15(10)5-7-20-8-6-15/h2-4,10H,5-9H2,1H3. The van der Waals surface area contributed by atoms with Gasteiger partial charge in [0.05, 0.1) is 0 Å². The molecule has 0 N–H and O–H groups in total. The first-order chi connectivity index (χ1) is 9.55. The lowest BCUT2D eigenvalue weighted by molar-refractivity contribution is -0.120. The molecule has 2 fully saturated rings. The first kappa shape index (κ1) is 13.5. The highest BCUT2D eigenvalue weighted by atomic mass is 19.1. The molecular formula is C15H17F2NO2. The lowest BCUT2D eigenvalue weighted by Crippen LogP contribution is -2.32. The van der Waals surface area contributed by atoms with Gasteiger partial charge >= 0.3 is 0 Å². The van der Waals surface area contributed by atoms with Gasteiger partial charge in [-0.25, -0.2) is 8.78 Å². The van der Waals surface area contributed by atoms with Crippen LogP contribution in [0.1, 0.15) is 19.3 Å². The molecule has 1 heterocycles. The maximum Gasteiger partial charge on any atom is 0.230 e. The topological polar surface area (TPSA) is 29.5 Å². The van der Waals surface area contributed by atoms with Crippen molar-refractivity contribution >= 4 is 11.6 Å². The van der Waals surface area contributed by atoms with Crippen LogP contribution in [0, 0.1) is 23.0 Å². The van der Waals surface area contributed by atoms with E-state index in [4.69, 9.17) is 4.74 Å². The third-order valence-corrected chi connectivity index (χ3v) is 4.58. The van der Waals surface area contributed by atoms with Crippen LogP contribution in [-0.2, 0) is 9.53 Å². The maximum absolute atomic E-state index is 13.7. The van der Waals surface area contributed by atoms with Crippen molar-refractivity contribution in [3.05, 3.63) is 29.8 Å². The summed E-state index contributed by atoms with van der Waals surface area (Å²) >= 11 is 0. The minimum absolute atomic E-state index is 0.00528. The molecule has 1 atom stereocenters. The van der Waals surface area contributed by atoms with Crippen LogP contribution in [0.2, 0.25) is 0 Å².